The SMILES string of the molecule is CS(=O)(=O)N[C@H]1CCCN2C(=O)C(F)(F)Oc3c(F)cc(F)cc3C3CCC(CC3)OCC12. The van der Waals surface area contributed by atoms with Gasteiger partial charge in [-0.1, -0.05) is 0 Å². The fraction of sp³-hybridized carbons (Fsp3) is 0.667. The van der Waals surface area contributed by atoms with Crippen molar-refractivity contribution in [2.24, 2.45) is 0 Å². The van der Waals surface area contributed by atoms with Crippen molar-refractivity contribution < 1.29 is 40.2 Å². The highest BCUT2D eigenvalue weighted by Gasteiger charge is 2.51. The van der Waals surface area contributed by atoms with E-state index in [1.165, 1.54) is 0 Å². The first-order valence-electron chi connectivity index (χ1n) is 10.9. The molecule has 1 amide bonds. The third-order valence-electron chi connectivity index (χ3n) is 6.54. The molecule has 1 unspecified atom stereocenters. The molecule has 3 heterocycles. The van der Waals surface area contributed by atoms with Crippen LogP contribution in [-0.2, 0) is 19.6 Å². The minimum absolute atomic E-state index is 0.0375. The summed E-state index contributed by atoms with van der Waals surface area (Å²) in [5.41, 5.74) is -0.0375. The number of piperidine rings is 1. The van der Waals surface area contributed by atoms with Crippen molar-refractivity contribution in [3.05, 3.63) is 29.3 Å². The Morgan fingerprint density at radius 1 is 1.12 bits per heavy atom. The number of nitrogens with one attached hydrogen (secondary N) is 1. The number of benzene rings is 1. The fourth-order valence-corrected chi connectivity index (χ4v) is 5.86. The van der Waals surface area contributed by atoms with Crippen LogP contribution in [0.15, 0.2) is 12.1 Å². The molecule has 2 atom stereocenters. The van der Waals surface area contributed by atoms with Crippen molar-refractivity contribution in [2.75, 3.05) is 19.4 Å². The molecule has 4 aliphatic rings. The van der Waals surface area contributed by atoms with E-state index in [4.69, 9.17) is 4.74 Å². The lowest BCUT2D eigenvalue weighted by molar-refractivity contribution is -0.209. The van der Waals surface area contributed by atoms with E-state index in [2.05, 4.69) is 9.46 Å². The van der Waals surface area contributed by atoms with Crippen LogP contribution in [0.1, 0.15) is 50.0 Å². The van der Waals surface area contributed by atoms with E-state index < -0.39 is 57.4 Å². The molecule has 0 spiro atoms. The first kappa shape index (κ1) is 24.2. The zero-order valence-electron chi connectivity index (χ0n) is 18.0. The quantitative estimate of drug-likeness (QED) is 0.640. The van der Waals surface area contributed by atoms with E-state index in [-0.39, 0.29) is 31.2 Å². The predicted molar refractivity (Wildman–Crippen MR) is 109 cm³/mol. The first-order chi connectivity index (χ1) is 15.4. The maximum absolute atomic E-state index is 15.1. The molecule has 184 valence electrons. The maximum atomic E-state index is 15.1. The van der Waals surface area contributed by atoms with Crippen molar-refractivity contribution in [1.29, 1.82) is 0 Å². The summed E-state index contributed by atoms with van der Waals surface area (Å²) in [6, 6.07) is -0.401. The second-order valence-corrected chi connectivity index (χ2v) is 10.7. The smallest absolute Gasteiger partial charge is 0.422 e. The number of amides is 1. The Balaban J connectivity index is 1.75. The van der Waals surface area contributed by atoms with Crippen molar-refractivity contribution in [3.63, 3.8) is 0 Å². The average molecular weight is 495 g/mol. The molecule has 1 saturated carbocycles. The number of nitrogens with zero attached hydrogens (tertiary/aromatic N) is 1. The molecule has 2 fully saturated rings. The summed E-state index contributed by atoms with van der Waals surface area (Å²) in [5.74, 6) is -5.22. The highest BCUT2D eigenvalue weighted by atomic mass is 32.2. The topological polar surface area (TPSA) is 84.9 Å². The molecule has 3 aliphatic heterocycles. The normalized spacial score (nSPS) is 30.3. The van der Waals surface area contributed by atoms with Gasteiger partial charge in [0.25, 0.3) is 0 Å². The lowest BCUT2D eigenvalue weighted by Crippen LogP contribution is -2.62. The van der Waals surface area contributed by atoms with E-state index >= 15 is 8.78 Å². The van der Waals surface area contributed by atoms with E-state index in [1.54, 1.807) is 0 Å². The summed E-state index contributed by atoms with van der Waals surface area (Å²) in [6.07, 6.45) is -1.24. The number of fused-ring (bicyclic) bond motifs is 5. The van der Waals surface area contributed by atoms with Crippen LogP contribution in [0.5, 0.6) is 5.75 Å². The van der Waals surface area contributed by atoms with Crippen LogP contribution in [-0.4, -0.2) is 62.9 Å². The van der Waals surface area contributed by atoms with Crippen LogP contribution >= 0.6 is 0 Å². The number of carbonyl (C=O) groups is 1. The molecule has 1 saturated heterocycles. The van der Waals surface area contributed by atoms with Crippen LogP contribution < -0.4 is 9.46 Å². The Labute approximate surface area is 189 Å². The lowest BCUT2D eigenvalue weighted by atomic mass is 9.82. The van der Waals surface area contributed by atoms with Gasteiger partial charge in [-0.3, -0.25) is 4.79 Å². The number of sulfonamides is 1. The third-order valence-corrected chi connectivity index (χ3v) is 7.27. The van der Waals surface area contributed by atoms with Gasteiger partial charge in [-0.2, -0.15) is 8.78 Å². The minimum Gasteiger partial charge on any atom is -0.422 e. The van der Waals surface area contributed by atoms with Crippen molar-refractivity contribution in [2.45, 2.75) is 68.7 Å². The summed E-state index contributed by atoms with van der Waals surface area (Å²) in [6.45, 7) is -0.208. The van der Waals surface area contributed by atoms with Crippen LogP contribution in [0.3, 0.4) is 0 Å². The minimum atomic E-state index is -4.45. The Bertz CT molecular complexity index is 1010. The van der Waals surface area contributed by atoms with Gasteiger partial charge in [0.05, 0.1) is 25.0 Å². The van der Waals surface area contributed by atoms with Gasteiger partial charge in [-0.05, 0) is 50.5 Å². The number of hydrogen-bond donors (Lipinski definition) is 1. The molecule has 1 aromatic rings. The number of carbonyl (C=O) groups excluding carboxylic acids is 1. The van der Waals surface area contributed by atoms with E-state index in [9.17, 15) is 22.0 Å². The number of alkyl halides is 2. The molecule has 7 nitrogen and oxygen atoms in total. The maximum Gasteiger partial charge on any atom is 0.482 e. The second-order valence-electron chi connectivity index (χ2n) is 8.94. The summed E-state index contributed by atoms with van der Waals surface area (Å²) in [5, 5.41) is 0. The first-order valence-corrected chi connectivity index (χ1v) is 12.8. The van der Waals surface area contributed by atoms with Gasteiger partial charge >= 0.3 is 12.0 Å². The lowest BCUT2D eigenvalue weighted by Gasteiger charge is -2.42. The summed E-state index contributed by atoms with van der Waals surface area (Å²) >= 11 is 0. The zero-order valence-corrected chi connectivity index (χ0v) is 18.8. The van der Waals surface area contributed by atoms with Gasteiger partial charge < -0.3 is 14.4 Å². The number of halogens is 4. The van der Waals surface area contributed by atoms with Gasteiger partial charge in [-0.25, -0.2) is 21.9 Å². The highest BCUT2D eigenvalue weighted by molar-refractivity contribution is 7.88. The van der Waals surface area contributed by atoms with Crippen LogP contribution in [0.2, 0.25) is 0 Å². The molecule has 0 radical (unpaired) electrons. The molecular formula is C21H26F4N2O5S. The Hall–Kier alpha value is -1.92. The van der Waals surface area contributed by atoms with Crippen molar-refractivity contribution >= 4 is 15.9 Å². The molecular weight excluding hydrogens is 468 g/mol. The molecule has 1 aliphatic carbocycles. The van der Waals surface area contributed by atoms with Crippen LogP contribution in [0.4, 0.5) is 17.6 Å². The van der Waals surface area contributed by atoms with Gasteiger partial charge in [0, 0.05) is 24.2 Å². The second kappa shape index (κ2) is 9.03. The molecule has 1 aromatic carbocycles. The van der Waals surface area contributed by atoms with Gasteiger partial charge in [0.1, 0.15) is 5.82 Å². The molecule has 0 aromatic heterocycles. The number of hydrogen-bond acceptors (Lipinski definition) is 5. The van der Waals surface area contributed by atoms with E-state index in [0.717, 1.165) is 17.2 Å². The monoisotopic (exact) mass is 494 g/mol. The van der Waals surface area contributed by atoms with Gasteiger partial charge in [0.2, 0.25) is 10.0 Å². The van der Waals surface area contributed by atoms with Crippen LogP contribution in [0.25, 0.3) is 0 Å². The summed E-state index contributed by atoms with van der Waals surface area (Å²) < 4.78 is 95.4. The Kier molecular flexibility index (Phi) is 6.62. The molecule has 12 heteroatoms. The summed E-state index contributed by atoms with van der Waals surface area (Å²) in [7, 11) is -3.69. The van der Waals surface area contributed by atoms with E-state index in [0.29, 0.717) is 38.2 Å². The molecule has 33 heavy (non-hydrogen) atoms. The van der Waals surface area contributed by atoms with Crippen molar-refractivity contribution in [3.8, 4) is 5.75 Å². The average Bonchev–Trinajstić information content (AvgIpc) is 2.73. The largest absolute Gasteiger partial charge is 0.482 e. The third kappa shape index (κ3) is 5.27. The Morgan fingerprint density at radius 3 is 2.48 bits per heavy atom. The van der Waals surface area contributed by atoms with E-state index in [1.807, 2.05) is 0 Å². The van der Waals surface area contributed by atoms with Gasteiger partial charge in [-0.15, -0.1) is 0 Å². The molecule has 2 bridgehead atoms. The zero-order chi connectivity index (χ0) is 24.0. The molecule has 5 rings (SSSR count). The predicted octanol–water partition coefficient (Wildman–Crippen LogP) is 2.90. The van der Waals surface area contributed by atoms with Crippen LogP contribution in [0, 0.1) is 11.6 Å². The fourth-order valence-electron chi connectivity index (χ4n) is 5.03. The number of rotatable bonds is 2. The standard InChI is InChI=1S/C21H26F4N2O5S/c1-33(29,30)26-17-3-2-8-27-18(17)11-31-14-6-4-12(5-7-14)15-9-13(22)10-16(23)19(15)32-21(24,25)20(27)28/h9-10,12,14,17-18,26H,2-8,11H2,1H3/t12?,14?,17-,18?/m0/s1. The highest BCUT2D eigenvalue weighted by Crippen LogP contribution is 2.42. The summed E-state index contributed by atoms with van der Waals surface area (Å²) in [4.78, 5) is 13.7. The van der Waals surface area contributed by atoms with Crippen molar-refractivity contribution in [1.82, 2.24) is 9.62 Å². The van der Waals surface area contributed by atoms with Gasteiger partial charge in [0.15, 0.2) is 11.6 Å². The Morgan fingerprint density at radius 2 is 1.82 bits per heavy atom. The number of ether oxygens (including phenoxy) is 2. The molecule has 1 N–H and O–H groups in total.